The van der Waals surface area contributed by atoms with Gasteiger partial charge in [0.05, 0.1) is 13.1 Å². The lowest BCUT2D eigenvalue weighted by atomic mass is 10.4. The minimum absolute atomic E-state index is 0.0126. The van der Waals surface area contributed by atoms with Crippen molar-refractivity contribution < 1.29 is 19.1 Å². The molecule has 1 heterocycles. The van der Waals surface area contributed by atoms with E-state index in [4.69, 9.17) is 9.52 Å². The molecule has 20 heavy (non-hydrogen) atoms. The summed E-state index contributed by atoms with van der Waals surface area (Å²) in [6, 6.07) is 0.0728. The van der Waals surface area contributed by atoms with Crippen LogP contribution in [0, 0.1) is 0 Å². The van der Waals surface area contributed by atoms with Crippen LogP contribution in [-0.4, -0.2) is 51.7 Å². The SMILES string of the molecule is CCCN(CC(=O)O)CC(=O)Nc1nnc(C2CC2)o1. The number of carboxylic acid groups (broad SMARTS) is 1. The van der Waals surface area contributed by atoms with E-state index >= 15 is 0 Å². The maximum atomic E-state index is 11.8. The number of amides is 1. The first-order valence-electron chi connectivity index (χ1n) is 6.66. The molecule has 0 atom stereocenters. The summed E-state index contributed by atoms with van der Waals surface area (Å²) in [5, 5.41) is 18.9. The summed E-state index contributed by atoms with van der Waals surface area (Å²) in [6.45, 7) is 2.28. The number of carboxylic acids is 1. The molecular formula is C12H18N4O4. The van der Waals surface area contributed by atoms with Crippen LogP contribution in [0.15, 0.2) is 4.42 Å². The fraction of sp³-hybridized carbons (Fsp3) is 0.667. The van der Waals surface area contributed by atoms with E-state index in [1.165, 1.54) is 0 Å². The van der Waals surface area contributed by atoms with Crippen LogP contribution >= 0.6 is 0 Å². The van der Waals surface area contributed by atoms with Crippen LogP contribution < -0.4 is 5.32 Å². The molecule has 1 saturated carbocycles. The van der Waals surface area contributed by atoms with E-state index in [0.29, 0.717) is 18.4 Å². The number of hydrogen-bond acceptors (Lipinski definition) is 6. The predicted molar refractivity (Wildman–Crippen MR) is 69.3 cm³/mol. The molecule has 1 aliphatic carbocycles. The van der Waals surface area contributed by atoms with Crippen LogP contribution in [0.1, 0.15) is 38.0 Å². The molecule has 0 unspecified atom stereocenters. The molecule has 0 radical (unpaired) electrons. The van der Waals surface area contributed by atoms with Crippen molar-refractivity contribution in [2.45, 2.75) is 32.1 Å². The number of anilines is 1. The first-order valence-corrected chi connectivity index (χ1v) is 6.66. The molecule has 8 nitrogen and oxygen atoms in total. The van der Waals surface area contributed by atoms with Crippen molar-refractivity contribution in [1.29, 1.82) is 0 Å². The van der Waals surface area contributed by atoms with Gasteiger partial charge in [-0.1, -0.05) is 12.0 Å². The molecule has 1 amide bonds. The Kier molecular flexibility index (Phi) is 4.67. The number of carbonyl (C=O) groups excluding carboxylic acids is 1. The van der Waals surface area contributed by atoms with Gasteiger partial charge in [0.25, 0.3) is 0 Å². The summed E-state index contributed by atoms with van der Waals surface area (Å²) < 4.78 is 5.31. The first-order chi connectivity index (χ1) is 9.58. The summed E-state index contributed by atoms with van der Waals surface area (Å²) in [4.78, 5) is 24.0. The third-order valence-corrected chi connectivity index (χ3v) is 2.88. The number of rotatable bonds is 8. The second-order valence-corrected chi connectivity index (χ2v) is 4.87. The zero-order chi connectivity index (χ0) is 14.5. The number of nitrogens with one attached hydrogen (secondary N) is 1. The molecule has 0 aromatic carbocycles. The Morgan fingerprint density at radius 2 is 2.15 bits per heavy atom. The van der Waals surface area contributed by atoms with Gasteiger partial charge in [0.1, 0.15) is 0 Å². The zero-order valence-corrected chi connectivity index (χ0v) is 11.3. The molecule has 1 aliphatic rings. The standard InChI is InChI=1S/C12H18N4O4/c1-2-5-16(7-10(18)19)6-9(17)13-12-15-14-11(20-12)8-3-4-8/h8H,2-7H2,1H3,(H,18,19)(H,13,15,17). The van der Waals surface area contributed by atoms with Gasteiger partial charge < -0.3 is 9.52 Å². The summed E-state index contributed by atoms with van der Waals surface area (Å²) in [7, 11) is 0. The largest absolute Gasteiger partial charge is 0.480 e. The number of hydrogen-bond donors (Lipinski definition) is 2. The maximum Gasteiger partial charge on any atom is 0.322 e. The summed E-state index contributed by atoms with van der Waals surface area (Å²) in [5.41, 5.74) is 0. The van der Waals surface area contributed by atoms with Crippen LogP contribution in [0.5, 0.6) is 0 Å². The second-order valence-electron chi connectivity index (χ2n) is 4.87. The number of carbonyl (C=O) groups is 2. The molecule has 0 saturated heterocycles. The van der Waals surface area contributed by atoms with Crippen LogP contribution in [-0.2, 0) is 9.59 Å². The van der Waals surface area contributed by atoms with Gasteiger partial charge in [-0.05, 0) is 25.8 Å². The minimum Gasteiger partial charge on any atom is -0.480 e. The Labute approximate surface area is 116 Å². The molecule has 2 rings (SSSR count). The highest BCUT2D eigenvalue weighted by Gasteiger charge is 2.29. The summed E-state index contributed by atoms with van der Waals surface area (Å²) in [6.07, 6.45) is 2.85. The van der Waals surface area contributed by atoms with E-state index in [9.17, 15) is 9.59 Å². The smallest absolute Gasteiger partial charge is 0.322 e. The van der Waals surface area contributed by atoms with E-state index in [1.54, 1.807) is 4.90 Å². The predicted octanol–water partition coefficient (Wildman–Crippen LogP) is 0.682. The quantitative estimate of drug-likeness (QED) is 0.721. The topological polar surface area (TPSA) is 109 Å². The van der Waals surface area contributed by atoms with Crippen molar-refractivity contribution in [3.05, 3.63) is 5.89 Å². The minimum atomic E-state index is -0.958. The Bertz CT molecular complexity index is 484. The molecule has 0 spiro atoms. The molecular weight excluding hydrogens is 264 g/mol. The number of nitrogens with zero attached hydrogens (tertiary/aromatic N) is 3. The van der Waals surface area contributed by atoms with Gasteiger partial charge >= 0.3 is 12.0 Å². The fourth-order valence-corrected chi connectivity index (χ4v) is 1.86. The molecule has 1 aromatic heterocycles. The Morgan fingerprint density at radius 3 is 2.75 bits per heavy atom. The van der Waals surface area contributed by atoms with Crippen LogP contribution in [0.2, 0.25) is 0 Å². The van der Waals surface area contributed by atoms with Crippen LogP contribution in [0.4, 0.5) is 6.01 Å². The van der Waals surface area contributed by atoms with Gasteiger partial charge in [-0.15, -0.1) is 5.10 Å². The average Bonchev–Trinajstić information content (AvgIpc) is 3.10. The van der Waals surface area contributed by atoms with Crippen molar-refractivity contribution in [3.8, 4) is 0 Å². The normalized spacial score (nSPS) is 14.5. The van der Waals surface area contributed by atoms with Gasteiger partial charge in [-0.25, -0.2) is 0 Å². The van der Waals surface area contributed by atoms with E-state index in [0.717, 1.165) is 19.3 Å². The monoisotopic (exact) mass is 282 g/mol. The number of aromatic nitrogens is 2. The highest BCUT2D eigenvalue weighted by atomic mass is 16.4. The molecule has 2 N–H and O–H groups in total. The third-order valence-electron chi connectivity index (χ3n) is 2.88. The van der Waals surface area contributed by atoms with Crippen molar-refractivity contribution >= 4 is 17.9 Å². The van der Waals surface area contributed by atoms with Gasteiger partial charge in [-0.3, -0.25) is 19.8 Å². The molecule has 110 valence electrons. The summed E-state index contributed by atoms with van der Waals surface area (Å²) in [5.74, 6) is -0.432. The average molecular weight is 282 g/mol. The van der Waals surface area contributed by atoms with Gasteiger partial charge in [0.2, 0.25) is 11.8 Å². The van der Waals surface area contributed by atoms with Gasteiger partial charge in [-0.2, -0.15) is 0 Å². The van der Waals surface area contributed by atoms with E-state index in [-0.39, 0.29) is 25.0 Å². The van der Waals surface area contributed by atoms with Gasteiger partial charge in [0, 0.05) is 5.92 Å². The molecule has 0 aliphatic heterocycles. The van der Waals surface area contributed by atoms with E-state index in [1.807, 2.05) is 6.92 Å². The Balaban J connectivity index is 1.84. The maximum absolute atomic E-state index is 11.8. The highest BCUT2D eigenvalue weighted by molar-refractivity contribution is 5.90. The van der Waals surface area contributed by atoms with Crippen molar-refractivity contribution in [1.82, 2.24) is 15.1 Å². The fourth-order valence-electron chi connectivity index (χ4n) is 1.86. The zero-order valence-electron chi connectivity index (χ0n) is 11.3. The lowest BCUT2D eigenvalue weighted by molar-refractivity contribution is -0.138. The first kappa shape index (κ1) is 14.4. The molecule has 1 fully saturated rings. The lowest BCUT2D eigenvalue weighted by Gasteiger charge is -2.17. The second kappa shape index (κ2) is 6.47. The van der Waals surface area contributed by atoms with Crippen LogP contribution in [0.3, 0.4) is 0 Å². The highest BCUT2D eigenvalue weighted by Crippen LogP contribution is 2.39. The molecule has 8 heteroatoms. The van der Waals surface area contributed by atoms with Gasteiger partial charge in [0.15, 0.2) is 0 Å². The summed E-state index contributed by atoms with van der Waals surface area (Å²) >= 11 is 0. The van der Waals surface area contributed by atoms with Crippen molar-refractivity contribution in [2.24, 2.45) is 0 Å². The Morgan fingerprint density at radius 1 is 1.40 bits per heavy atom. The van der Waals surface area contributed by atoms with Crippen molar-refractivity contribution in [3.63, 3.8) is 0 Å². The molecule has 1 aromatic rings. The lowest BCUT2D eigenvalue weighted by Crippen LogP contribution is -2.37. The van der Waals surface area contributed by atoms with E-state index in [2.05, 4.69) is 15.5 Å². The third kappa shape index (κ3) is 4.30. The van der Waals surface area contributed by atoms with E-state index < -0.39 is 5.97 Å². The Hall–Kier alpha value is -1.96. The molecule has 0 bridgehead atoms. The van der Waals surface area contributed by atoms with Crippen LogP contribution in [0.25, 0.3) is 0 Å². The number of aliphatic carboxylic acids is 1. The van der Waals surface area contributed by atoms with Crippen molar-refractivity contribution in [2.75, 3.05) is 25.0 Å².